The summed E-state index contributed by atoms with van der Waals surface area (Å²) in [7, 11) is 2.86. The Morgan fingerprint density at radius 3 is 2.86 bits per heavy atom. The van der Waals surface area contributed by atoms with Gasteiger partial charge in [0.15, 0.2) is 5.82 Å². The number of aromatic nitrogens is 2. The number of hydrogen-bond donors (Lipinski definition) is 2. The van der Waals surface area contributed by atoms with E-state index in [1.165, 1.54) is 16.5 Å². The van der Waals surface area contributed by atoms with Crippen LogP contribution < -0.4 is 21.1 Å². The number of anilines is 3. The molecule has 22 heavy (non-hydrogen) atoms. The van der Waals surface area contributed by atoms with Crippen molar-refractivity contribution in [2.75, 3.05) is 42.5 Å². The first kappa shape index (κ1) is 16.6. The summed E-state index contributed by atoms with van der Waals surface area (Å²) in [5.74, 6) is 0.337. The van der Waals surface area contributed by atoms with Gasteiger partial charge in [-0.25, -0.2) is 4.57 Å². The SMILES string of the molecule is CN1CN(C(O)OCCCOP=O)c2nc(N)n(C)c(=O)c21. The van der Waals surface area contributed by atoms with Crippen molar-refractivity contribution >= 4 is 26.1 Å². The van der Waals surface area contributed by atoms with Crippen molar-refractivity contribution < 1.29 is 18.9 Å². The van der Waals surface area contributed by atoms with Crippen LogP contribution in [0.15, 0.2) is 4.79 Å². The van der Waals surface area contributed by atoms with E-state index in [1.807, 2.05) is 0 Å². The number of rotatable bonds is 7. The lowest BCUT2D eigenvalue weighted by molar-refractivity contribution is -0.100. The minimum absolute atomic E-state index is 0.0547. The highest BCUT2D eigenvalue weighted by Crippen LogP contribution is 2.31. The molecule has 2 heterocycles. The molecule has 0 amide bonds. The van der Waals surface area contributed by atoms with Crippen LogP contribution in [-0.2, 0) is 20.9 Å². The lowest BCUT2D eigenvalue weighted by Gasteiger charge is -2.24. The number of hydrogen-bond acceptors (Lipinski definition) is 9. The molecule has 1 aliphatic heterocycles. The van der Waals surface area contributed by atoms with Crippen LogP contribution in [0, 0.1) is 0 Å². The lowest BCUT2D eigenvalue weighted by Crippen LogP contribution is -2.39. The Balaban J connectivity index is 2.09. The molecular weight excluding hydrogens is 313 g/mol. The van der Waals surface area contributed by atoms with Crippen LogP contribution in [-0.4, -0.2) is 48.0 Å². The molecule has 2 rings (SSSR count). The summed E-state index contributed by atoms with van der Waals surface area (Å²) < 4.78 is 21.2. The summed E-state index contributed by atoms with van der Waals surface area (Å²) >= 11 is 0. The van der Waals surface area contributed by atoms with Crippen molar-refractivity contribution in [1.29, 1.82) is 0 Å². The predicted octanol–water partition coefficient (Wildman–Crippen LogP) is -0.518. The first-order valence-electron chi connectivity index (χ1n) is 6.56. The fourth-order valence-corrected chi connectivity index (χ4v) is 2.31. The van der Waals surface area contributed by atoms with Crippen LogP contribution in [0.5, 0.6) is 0 Å². The van der Waals surface area contributed by atoms with Crippen molar-refractivity contribution in [1.82, 2.24) is 9.55 Å². The highest BCUT2D eigenvalue weighted by molar-refractivity contribution is 7.17. The molecule has 0 aromatic carbocycles. The van der Waals surface area contributed by atoms with E-state index >= 15 is 0 Å². The van der Waals surface area contributed by atoms with Crippen LogP contribution in [0.4, 0.5) is 17.5 Å². The van der Waals surface area contributed by atoms with Gasteiger partial charge in [0.1, 0.15) is 5.69 Å². The molecule has 1 atom stereocenters. The third-order valence-corrected chi connectivity index (χ3v) is 3.56. The molecule has 0 saturated heterocycles. The zero-order valence-corrected chi connectivity index (χ0v) is 13.2. The molecule has 0 bridgehead atoms. The van der Waals surface area contributed by atoms with Gasteiger partial charge in [-0.2, -0.15) is 4.98 Å². The first-order chi connectivity index (χ1) is 10.5. The summed E-state index contributed by atoms with van der Waals surface area (Å²) in [4.78, 5) is 19.4. The van der Waals surface area contributed by atoms with E-state index in [2.05, 4.69) is 9.51 Å². The van der Waals surface area contributed by atoms with E-state index in [1.54, 1.807) is 11.9 Å². The van der Waals surface area contributed by atoms with E-state index < -0.39 is 6.41 Å². The average molecular weight is 331 g/mol. The standard InChI is InChI=1S/C11H18N5O5P/c1-14-6-16(11(18)20-4-3-5-21-22-19)8-7(14)9(17)15(2)10(12)13-8/h11,18H,3-6H2,1-2H3,(H2,12,13). The van der Waals surface area contributed by atoms with Gasteiger partial charge in [-0.3, -0.25) is 18.8 Å². The summed E-state index contributed by atoms with van der Waals surface area (Å²) in [6.07, 6.45) is -0.804. The van der Waals surface area contributed by atoms with Crippen molar-refractivity contribution in [3.63, 3.8) is 0 Å². The summed E-state index contributed by atoms with van der Waals surface area (Å²) in [6, 6.07) is 0. The van der Waals surface area contributed by atoms with Gasteiger partial charge in [0.25, 0.3) is 5.56 Å². The van der Waals surface area contributed by atoms with Gasteiger partial charge in [-0.1, -0.05) is 0 Å². The molecule has 0 spiro atoms. The minimum Gasteiger partial charge on any atom is -0.369 e. The third kappa shape index (κ3) is 3.20. The maximum atomic E-state index is 12.2. The van der Waals surface area contributed by atoms with Crippen molar-refractivity contribution in [2.45, 2.75) is 12.8 Å². The fourth-order valence-electron chi connectivity index (χ4n) is 2.11. The maximum Gasteiger partial charge on any atom is 0.327 e. The Bertz CT molecular complexity index is 609. The molecule has 10 nitrogen and oxygen atoms in total. The van der Waals surface area contributed by atoms with Crippen molar-refractivity contribution in [3.8, 4) is 0 Å². The molecule has 0 fully saturated rings. The van der Waals surface area contributed by atoms with Crippen LogP contribution >= 0.6 is 8.69 Å². The monoisotopic (exact) mass is 331 g/mol. The van der Waals surface area contributed by atoms with Gasteiger partial charge in [0.2, 0.25) is 12.4 Å². The number of nitrogen functional groups attached to an aromatic ring is 1. The highest BCUT2D eigenvalue weighted by Gasteiger charge is 2.33. The Morgan fingerprint density at radius 2 is 2.18 bits per heavy atom. The topological polar surface area (TPSA) is 123 Å². The quantitative estimate of drug-likeness (QED) is 0.386. The molecule has 1 unspecified atom stereocenters. The zero-order valence-electron chi connectivity index (χ0n) is 12.3. The fraction of sp³-hybridized carbons (Fsp3) is 0.636. The predicted molar refractivity (Wildman–Crippen MR) is 79.8 cm³/mol. The molecule has 0 aliphatic carbocycles. The Labute approximate surface area is 128 Å². The summed E-state index contributed by atoms with van der Waals surface area (Å²) in [6.45, 7) is 0.699. The van der Waals surface area contributed by atoms with Gasteiger partial charge >= 0.3 is 8.69 Å². The lowest BCUT2D eigenvalue weighted by atomic mass is 10.4. The smallest absolute Gasteiger partial charge is 0.327 e. The molecule has 1 aliphatic rings. The molecule has 0 saturated carbocycles. The largest absolute Gasteiger partial charge is 0.369 e. The number of aliphatic hydroxyl groups excluding tert-OH is 1. The molecule has 1 aromatic heterocycles. The van der Waals surface area contributed by atoms with Gasteiger partial charge in [-0.15, -0.1) is 0 Å². The van der Waals surface area contributed by atoms with Gasteiger partial charge < -0.3 is 20.5 Å². The van der Waals surface area contributed by atoms with Gasteiger partial charge in [0, 0.05) is 14.1 Å². The van der Waals surface area contributed by atoms with E-state index in [9.17, 15) is 14.5 Å². The molecule has 122 valence electrons. The van der Waals surface area contributed by atoms with E-state index in [4.69, 9.17) is 10.5 Å². The molecular formula is C11H18N5O5P. The second-order valence-electron chi connectivity index (χ2n) is 4.77. The van der Waals surface area contributed by atoms with E-state index in [0.717, 1.165) is 0 Å². The minimum atomic E-state index is -1.27. The summed E-state index contributed by atoms with van der Waals surface area (Å²) in [5, 5.41) is 10.1. The van der Waals surface area contributed by atoms with Crippen molar-refractivity contribution in [3.05, 3.63) is 10.4 Å². The molecule has 0 radical (unpaired) electrons. The van der Waals surface area contributed by atoms with Crippen LogP contribution in [0.1, 0.15) is 6.42 Å². The van der Waals surface area contributed by atoms with Crippen LogP contribution in [0.2, 0.25) is 0 Å². The Hall–Kier alpha value is -1.74. The van der Waals surface area contributed by atoms with E-state index in [-0.39, 0.29) is 45.9 Å². The molecule has 3 N–H and O–H groups in total. The van der Waals surface area contributed by atoms with Crippen LogP contribution in [0.25, 0.3) is 0 Å². The van der Waals surface area contributed by atoms with Gasteiger partial charge in [-0.05, 0) is 6.42 Å². The number of nitrogens with two attached hydrogens (primary N) is 1. The number of aliphatic hydroxyl groups is 1. The first-order valence-corrected chi connectivity index (χ1v) is 7.29. The second kappa shape index (κ2) is 7.01. The zero-order chi connectivity index (χ0) is 16.3. The Kier molecular flexibility index (Phi) is 5.30. The highest BCUT2D eigenvalue weighted by atomic mass is 31.1. The molecule has 11 heteroatoms. The van der Waals surface area contributed by atoms with Gasteiger partial charge in [0.05, 0.1) is 19.9 Å². The number of fused-ring (bicyclic) bond motifs is 1. The van der Waals surface area contributed by atoms with Crippen molar-refractivity contribution in [2.24, 2.45) is 7.05 Å². The summed E-state index contributed by atoms with van der Waals surface area (Å²) in [5.41, 5.74) is 5.76. The van der Waals surface area contributed by atoms with E-state index in [0.29, 0.717) is 12.1 Å². The Morgan fingerprint density at radius 1 is 1.45 bits per heavy atom. The maximum absolute atomic E-state index is 12.2. The number of nitrogens with zero attached hydrogens (tertiary/aromatic N) is 4. The molecule has 1 aromatic rings. The normalized spacial score (nSPS) is 15.4. The third-order valence-electron chi connectivity index (χ3n) is 3.27. The average Bonchev–Trinajstić information content (AvgIpc) is 2.81. The second-order valence-corrected chi connectivity index (χ2v) is 5.18. The van der Waals surface area contributed by atoms with Crippen LogP contribution in [0.3, 0.4) is 0 Å². The number of ether oxygens (including phenoxy) is 1.